The molecular formula is C17H27ClN2O. The van der Waals surface area contributed by atoms with E-state index in [1.165, 1.54) is 25.7 Å². The van der Waals surface area contributed by atoms with E-state index in [4.69, 9.17) is 16.3 Å². The Labute approximate surface area is 133 Å². The highest BCUT2D eigenvalue weighted by molar-refractivity contribution is 6.31. The van der Waals surface area contributed by atoms with Crippen molar-refractivity contribution in [1.29, 1.82) is 0 Å². The second kappa shape index (κ2) is 8.00. The summed E-state index contributed by atoms with van der Waals surface area (Å²) >= 11 is 6.34. The van der Waals surface area contributed by atoms with Crippen LogP contribution in [0.3, 0.4) is 0 Å². The molecule has 3 nitrogen and oxygen atoms in total. The molecule has 0 amide bonds. The van der Waals surface area contributed by atoms with Crippen molar-refractivity contribution in [3.8, 4) is 5.88 Å². The molecule has 1 aromatic rings. The fourth-order valence-corrected chi connectivity index (χ4v) is 3.14. The molecule has 21 heavy (non-hydrogen) atoms. The van der Waals surface area contributed by atoms with Crippen LogP contribution in [0.4, 0.5) is 0 Å². The number of hydrogen-bond acceptors (Lipinski definition) is 3. The van der Waals surface area contributed by atoms with E-state index < -0.39 is 0 Å². The maximum Gasteiger partial charge on any atom is 0.232 e. The normalized spacial score (nSPS) is 22.5. The zero-order valence-electron chi connectivity index (χ0n) is 13.4. The highest BCUT2D eigenvalue weighted by atomic mass is 35.5. The second-order valence-electron chi connectivity index (χ2n) is 6.28. The van der Waals surface area contributed by atoms with Gasteiger partial charge in [0.05, 0.1) is 0 Å². The van der Waals surface area contributed by atoms with Crippen molar-refractivity contribution in [2.75, 3.05) is 0 Å². The van der Waals surface area contributed by atoms with Crippen LogP contribution in [0.1, 0.15) is 58.4 Å². The smallest absolute Gasteiger partial charge is 0.232 e. The molecule has 1 heterocycles. The monoisotopic (exact) mass is 310 g/mol. The Balaban J connectivity index is 1.99. The molecule has 1 aliphatic carbocycles. The number of nitrogens with one attached hydrogen (secondary N) is 1. The van der Waals surface area contributed by atoms with Crippen molar-refractivity contribution in [3.05, 3.63) is 22.8 Å². The Hall–Kier alpha value is -0.800. The molecule has 1 N–H and O–H groups in total. The molecular weight excluding hydrogens is 284 g/mol. The minimum atomic E-state index is 0.272. The molecule has 0 aromatic carbocycles. The minimum Gasteiger partial charge on any atom is -0.473 e. The molecule has 118 valence electrons. The maximum absolute atomic E-state index is 6.34. The highest BCUT2D eigenvalue weighted by Crippen LogP contribution is 2.32. The summed E-state index contributed by atoms with van der Waals surface area (Å²) in [6, 6.07) is 2.41. The lowest BCUT2D eigenvalue weighted by Crippen LogP contribution is -2.30. The molecule has 2 unspecified atom stereocenters. The van der Waals surface area contributed by atoms with Crippen LogP contribution in [0.2, 0.25) is 5.02 Å². The Morgan fingerprint density at radius 2 is 2.14 bits per heavy atom. The van der Waals surface area contributed by atoms with Crippen LogP contribution in [0.5, 0.6) is 5.88 Å². The molecule has 0 saturated heterocycles. The molecule has 2 rings (SSSR count). The van der Waals surface area contributed by atoms with Crippen LogP contribution in [0, 0.1) is 5.92 Å². The van der Waals surface area contributed by atoms with E-state index in [-0.39, 0.29) is 6.10 Å². The average molecular weight is 311 g/mol. The van der Waals surface area contributed by atoms with Crippen molar-refractivity contribution in [2.24, 2.45) is 5.92 Å². The van der Waals surface area contributed by atoms with Crippen LogP contribution >= 0.6 is 11.6 Å². The Morgan fingerprint density at radius 3 is 2.81 bits per heavy atom. The van der Waals surface area contributed by atoms with E-state index in [1.807, 2.05) is 12.3 Å². The third-order valence-electron chi connectivity index (χ3n) is 4.21. The van der Waals surface area contributed by atoms with Crippen LogP contribution < -0.4 is 10.1 Å². The molecule has 1 aliphatic rings. The second-order valence-corrected chi connectivity index (χ2v) is 6.68. The third-order valence-corrected chi connectivity index (χ3v) is 4.48. The van der Waals surface area contributed by atoms with Crippen LogP contribution in [0.25, 0.3) is 0 Å². The first-order chi connectivity index (χ1) is 10.1. The summed E-state index contributed by atoms with van der Waals surface area (Å²) in [5, 5.41) is 3.99. The molecule has 2 atom stereocenters. The average Bonchev–Trinajstić information content (AvgIpc) is 2.48. The van der Waals surface area contributed by atoms with Gasteiger partial charge in [-0.1, -0.05) is 38.8 Å². The molecule has 4 heteroatoms. The number of nitrogens with zero attached hydrogens (tertiary/aromatic N) is 1. The summed E-state index contributed by atoms with van der Waals surface area (Å²) in [6.45, 7) is 7.27. The Morgan fingerprint density at radius 1 is 1.38 bits per heavy atom. The number of rotatable bonds is 6. The fraction of sp³-hybridized carbons (Fsp3) is 0.706. The number of pyridine rings is 1. The molecule has 1 saturated carbocycles. The van der Waals surface area contributed by atoms with Gasteiger partial charge in [0.25, 0.3) is 0 Å². The van der Waals surface area contributed by atoms with Gasteiger partial charge in [0.15, 0.2) is 0 Å². The predicted molar refractivity (Wildman–Crippen MR) is 87.9 cm³/mol. The van der Waals surface area contributed by atoms with E-state index >= 15 is 0 Å². The van der Waals surface area contributed by atoms with Crippen molar-refractivity contribution in [1.82, 2.24) is 10.3 Å². The van der Waals surface area contributed by atoms with E-state index in [1.54, 1.807) is 0 Å². The first-order valence-corrected chi connectivity index (χ1v) is 8.52. The van der Waals surface area contributed by atoms with Gasteiger partial charge in [-0.2, -0.15) is 0 Å². The SMILES string of the molecule is CCC1CCCCC1Oc1ncc(CNC(C)C)cc1Cl. The summed E-state index contributed by atoms with van der Waals surface area (Å²) in [4.78, 5) is 4.42. The van der Waals surface area contributed by atoms with Gasteiger partial charge in [-0.3, -0.25) is 0 Å². The van der Waals surface area contributed by atoms with Gasteiger partial charge < -0.3 is 10.1 Å². The topological polar surface area (TPSA) is 34.1 Å². The van der Waals surface area contributed by atoms with Gasteiger partial charge in [0.1, 0.15) is 11.1 Å². The van der Waals surface area contributed by atoms with Crippen molar-refractivity contribution < 1.29 is 4.74 Å². The van der Waals surface area contributed by atoms with Crippen LogP contribution in [0.15, 0.2) is 12.3 Å². The molecule has 0 radical (unpaired) electrons. The fourth-order valence-electron chi connectivity index (χ4n) is 2.91. The van der Waals surface area contributed by atoms with Crippen molar-refractivity contribution >= 4 is 11.6 Å². The van der Waals surface area contributed by atoms with Crippen molar-refractivity contribution in [3.63, 3.8) is 0 Å². The van der Waals surface area contributed by atoms with E-state index in [0.717, 1.165) is 18.5 Å². The molecule has 1 fully saturated rings. The largest absolute Gasteiger partial charge is 0.473 e. The first-order valence-electron chi connectivity index (χ1n) is 8.14. The number of aromatic nitrogens is 1. The summed E-state index contributed by atoms with van der Waals surface area (Å²) in [6.07, 6.45) is 8.24. The minimum absolute atomic E-state index is 0.272. The number of ether oxygens (including phenoxy) is 1. The van der Waals surface area contributed by atoms with Gasteiger partial charge in [-0.15, -0.1) is 0 Å². The summed E-state index contributed by atoms with van der Waals surface area (Å²) in [5.41, 5.74) is 1.09. The van der Waals surface area contributed by atoms with Crippen LogP contribution in [-0.2, 0) is 6.54 Å². The van der Waals surface area contributed by atoms with Crippen LogP contribution in [-0.4, -0.2) is 17.1 Å². The van der Waals surface area contributed by atoms with E-state index in [0.29, 0.717) is 22.9 Å². The summed E-state index contributed by atoms with van der Waals surface area (Å²) in [7, 11) is 0. The molecule has 0 spiro atoms. The van der Waals surface area contributed by atoms with Gasteiger partial charge in [0.2, 0.25) is 5.88 Å². The third kappa shape index (κ3) is 4.86. The maximum atomic E-state index is 6.34. The van der Waals surface area contributed by atoms with E-state index in [9.17, 15) is 0 Å². The number of halogens is 1. The van der Waals surface area contributed by atoms with Crippen molar-refractivity contribution in [2.45, 2.75) is 71.6 Å². The predicted octanol–water partition coefficient (Wildman–Crippen LogP) is 4.58. The first kappa shape index (κ1) is 16.6. The standard InChI is InChI=1S/C17H27ClN2O/c1-4-14-7-5-6-8-16(14)21-17-15(18)9-13(11-20-17)10-19-12(2)3/h9,11-12,14,16,19H,4-8,10H2,1-3H3. The lowest BCUT2D eigenvalue weighted by Gasteiger charge is -2.31. The zero-order valence-corrected chi connectivity index (χ0v) is 14.1. The zero-order chi connectivity index (χ0) is 15.2. The lowest BCUT2D eigenvalue weighted by molar-refractivity contribution is 0.0859. The van der Waals surface area contributed by atoms with Gasteiger partial charge in [-0.05, 0) is 43.2 Å². The van der Waals surface area contributed by atoms with Gasteiger partial charge in [0, 0.05) is 18.8 Å². The number of hydrogen-bond donors (Lipinski definition) is 1. The Bertz CT molecular complexity index is 450. The van der Waals surface area contributed by atoms with Gasteiger partial charge >= 0.3 is 0 Å². The molecule has 1 aromatic heterocycles. The summed E-state index contributed by atoms with van der Waals surface area (Å²) < 4.78 is 6.11. The highest BCUT2D eigenvalue weighted by Gasteiger charge is 2.26. The molecule has 0 aliphatic heterocycles. The quantitative estimate of drug-likeness (QED) is 0.835. The summed E-state index contributed by atoms with van der Waals surface area (Å²) in [5.74, 6) is 1.23. The van der Waals surface area contributed by atoms with Gasteiger partial charge in [-0.25, -0.2) is 4.98 Å². The van der Waals surface area contributed by atoms with E-state index in [2.05, 4.69) is 31.1 Å². The molecule has 0 bridgehead atoms. The lowest BCUT2D eigenvalue weighted by atomic mass is 9.85. The Kier molecular flexibility index (Phi) is 6.31.